The Labute approximate surface area is 98.8 Å². The molecule has 2 atom stereocenters. The van der Waals surface area contributed by atoms with Gasteiger partial charge in [-0.2, -0.15) is 0 Å². The van der Waals surface area contributed by atoms with Crippen molar-refractivity contribution in [2.24, 2.45) is 11.8 Å². The van der Waals surface area contributed by atoms with Gasteiger partial charge in [-0.1, -0.05) is 13.8 Å². The van der Waals surface area contributed by atoms with E-state index in [0.717, 1.165) is 5.69 Å². The number of carbonyl (C=O) groups excluding carboxylic acids is 1. The summed E-state index contributed by atoms with van der Waals surface area (Å²) >= 11 is 1.38. The van der Waals surface area contributed by atoms with Gasteiger partial charge >= 0.3 is 5.97 Å². The highest BCUT2D eigenvalue weighted by Gasteiger charge is 2.46. The molecule has 0 bridgehead atoms. The third kappa shape index (κ3) is 1.80. The molecular formula is C11H16N2O2S. The molecule has 1 saturated heterocycles. The Balaban J connectivity index is 2.26. The first-order valence-corrected chi connectivity index (χ1v) is 6.24. The molecule has 0 saturated carbocycles. The molecule has 0 unspecified atom stereocenters. The fourth-order valence-electron chi connectivity index (χ4n) is 2.04. The SMILES string of the molecule is CC(C)[C@@H]1C[C@](C)(c2csc(N)n2)OC1=O. The molecule has 1 aromatic heterocycles. The number of thiazole rings is 1. The van der Waals surface area contributed by atoms with Crippen molar-refractivity contribution < 1.29 is 9.53 Å². The Kier molecular flexibility index (Phi) is 2.66. The lowest BCUT2D eigenvalue weighted by atomic mass is 9.87. The summed E-state index contributed by atoms with van der Waals surface area (Å²) in [6.07, 6.45) is 0.687. The van der Waals surface area contributed by atoms with Crippen molar-refractivity contribution in [3.8, 4) is 0 Å². The van der Waals surface area contributed by atoms with Crippen LogP contribution in [0.5, 0.6) is 0 Å². The van der Waals surface area contributed by atoms with Crippen molar-refractivity contribution in [3.05, 3.63) is 11.1 Å². The Morgan fingerprint density at radius 3 is 2.81 bits per heavy atom. The molecule has 4 nitrogen and oxygen atoms in total. The van der Waals surface area contributed by atoms with E-state index in [2.05, 4.69) is 4.98 Å². The van der Waals surface area contributed by atoms with Crippen LogP contribution in [0, 0.1) is 11.8 Å². The van der Waals surface area contributed by atoms with Gasteiger partial charge in [-0.3, -0.25) is 4.79 Å². The fourth-order valence-corrected chi connectivity index (χ4v) is 2.72. The van der Waals surface area contributed by atoms with Gasteiger partial charge in [0.25, 0.3) is 0 Å². The zero-order chi connectivity index (χ0) is 11.9. The van der Waals surface area contributed by atoms with Crippen molar-refractivity contribution in [2.45, 2.75) is 32.8 Å². The third-order valence-corrected chi connectivity index (χ3v) is 3.78. The Hall–Kier alpha value is -1.10. The maximum absolute atomic E-state index is 11.7. The molecule has 0 aromatic carbocycles. The van der Waals surface area contributed by atoms with Crippen LogP contribution in [-0.4, -0.2) is 11.0 Å². The van der Waals surface area contributed by atoms with Crippen LogP contribution < -0.4 is 5.73 Å². The normalized spacial score (nSPS) is 29.8. The van der Waals surface area contributed by atoms with Gasteiger partial charge in [-0.15, -0.1) is 11.3 Å². The first-order chi connectivity index (χ1) is 7.42. The van der Waals surface area contributed by atoms with Gasteiger partial charge in [0.2, 0.25) is 0 Å². The smallest absolute Gasteiger partial charge is 0.310 e. The van der Waals surface area contributed by atoms with Gasteiger partial charge in [0.1, 0.15) is 0 Å². The maximum atomic E-state index is 11.7. The monoisotopic (exact) mass is 240 g/mol. The fraction of sp³-hybridized carbons (Fsp3) is 0.636. The largest absolute Gasteiger partial charge is 0.453 e. The number of hydrogen-bond donors (Lipinski definition) is 1. The summed E-state index contributed by atoms with van der Waals surface area (Å²) in [5.41, 5.74) is 5.77. The number of nitrogens with zero attached hydrogens (tertiary/aromatic N) is 1. The predicted octanol–water partition coefficient (Wildman–Crippen LogP) is 2.16. The van der Waals surface area contributed by atoms with Crippen molar-refractivity contribution in [2.75, 3.05) is 5.73 Å². The third-order valence-electron chi connectivity index (χ3n) is 3.11. The number of anilines is 1. The number of carbonyl (C=O) groups is 1. The second-order valence-corrected chi connectivity index (χ2v) is 5.67. The molecule has 5 heteroatoms. The molecule has 0 radical (unpaired) electrons. The van der Waals surface area contributed by atoms with Gasteiger partial charge in [0.05, 0.1) is 11.6 Å². The second kappa shape index (κ2) is 3.73. The van der Waals surface area contributed by atoms with E-state index in [1.807, 2.05) is 26.2 Å². The Bertz CT molecular complexity index is 416. The zero-order valence-electron chi connectivity index (χ0n) is 9.69. The summed E-state index contributed by atoms with van der Waals surface area (Å²) in [5.74, 6) is 0.141. The summed E-state index contributed by atoms with van der Waals surface area (Å²) in [6, 6.07) is 0. The minimum atomic E-state index is -0.597. The minimum Gasteiger partial charge on any atom is -0.453 e. The van der Waals surface area contributed by atoms with Crippen molar-refractivity contribution in [1.82, 2.24) is 4.98 Å². The molecule has 1 aromatic rings. The standard InChI is InChI=1S/C11H16N2O2S/c1-6(2)7-4-11(3,15-9(7)14)8-5-16-10(12)13-8/h5-7H,4H2,1-3H3,(H2,12,13)/t7-,11+/m0/s1. The van der Waals surface area contributed by atoms with E-state index in [-0.39, 0.29) is 11.9 Å². The number of nitrogens with two attached hydrogens (primary N) is 1. The first kappa shape index (κ1) is 11.4. The number of esters is 1. The highest BCUT2D eigenvalue weighted by molar-refractivity contribution is 7.13. The number of nitrogen functional groups attached to an aromatic ring is 1. The van der Waals surface area contributed by atoms with Crippen LogP contribution in [0.15, 0.2) is 5.38 Å². The molecule has 2 heterocycles. The molecule has 2 N–H and O–H groups in total. The highest BCUT2D eigenvalue weighted by Crippen LogP contribution is 2.42. The van der Waals surface area contributed by atoms with Crippen LogP contribution in [0.25, 0.3) is 0 Å². The molecule has 1 aliphatic rings. The van der Waals surface area contributed by atoms with Crippen LogP contribution in [0.1, 0.15) is 32.9 Å². The number of aromatic nitrogens is 1. The van der Waals surface area contributed by atoms with Gasteiger partial charge in [-0.25, -0.2) is 4.98 Å². The molecular weight excluding hydrogens is 224 g/mol. The summed E-state index contributed by atoms with van der Waals surface area (Å²) in [6.45, 7) is 5.97. The lowest BCUT2D eigenvalue weighted by Crippen LogP contribution is -2.21. The topological polar surface area (TPSA) is 65.2 Å². The van der Waals surface area contributed by atoms with Gasteiger partial charge in [0, 0.05) is 11.8 Å². The maximum Gasteiger partial charge on any atom is 0.310 e. The van der Waals surface area contributed by atoms with E-state index in [1.165, 1.54) is 11.3 Å². The molecule has 1 fully saturated rings. The molecule has 0 spiro atoms. The van der Waals surface area contributed by atoms with Crippen LogP contribution in [0.4, 0.5) is 5.13 Å². The lowest BCUT2D eigenvalue weighted by molar-refractivity contribution is -0.151. The molecule has 16 heavy (non-hydrogen) atoms. The number of ether oxygens (including phenoxy) is 1. The van der Waals surface area contributed by atoms with E-state index in [9.17, 15) is 4.79 Å². The summed E-state index contributed by atoms with van der Waals surface area (Å²) < 4.78 is 5.47. The quantitative estimate of drug-likeness (QED) is 0.804. The lowest BCUT2D eigenvalue weighted by Gasteiger charge is -2.20. The summed E-state index contributed by atoms with van der Waals surface area (Å²) in [7, 11) is 0. The minimum absolute atomic E-state index is 0.0343. The number of cyclic esters (lactones) is 1. The molecule has 0 amide bonds. The molecule has 1 aliphatic heterocycles. The Morgan fingerprint density at radius 2 is 2.38 bits per heavy atom. The van der Waals surface area contributed by atoms with Crippen LogP contribution in [0.3, 0.4) is 0 Å². The van der Waals surface area contributed by atoms with E-state index in [4.69, 9.17) is 10.5 Å². The Morgan fingerprint density at radius 1 is 1.69 bits per heavy atom. The van der Waals surface area contributed by atoms with Gasteiger partial charge < -0.3 is 10.5 Å². The molecule has 88 valence electrons. The van der Waals surface area contributed by atoms with Crippen LogP contribution in [-0.2, 0) is 15.1 Å². The van der Waals surface area contributed by atoms with Crippen molar-refractivity contribution in [1.29, 1.82) is 0 Å². The zero-order valence-corrected chi connectivity index (χ0v) is 10.5. The van der Waals surface area contributed by atoms with Crippen LogP contribution in [0.2, 0.25) is 0 Å². The van der Waals surface area contributed by atoms with E-state index >= 15 is 0 Å². The molecule has 2 rings (SSSR count). The van der Waals surface area contributed by atoms with Crippen LogP contribution >= 0.6 is 11.3 Å². The predicted molar refractivity (Wildman–Crippen MR) is 62.9 cm³/mol. The average Bonchev–Trinajstić information content (AvgIpc) is 2.71. The number of rotatable bonds is 2. The highest BCUT2D eigenvalue weighted by atomic mass is 32.1. The summed E-state index contributed by atoms with van der Waals surface area (Å²) in [4.78, 5) is 15.9. The van der Waals surface area contributed by atoms with E-state index in [1.54, 1.807) is 0 Å². The van der Waals surface area contributed by atoms with Crippen molar-refractivity contribution in [3.63, 3.8) is 0 Å². The second-order valence-electron chi connectivity index (χ2n) is 4.78. The molecule has 0 aliphatic carbocycles. The average molecular weight is 240 g/mol. The van der Waals surface area contributed by atoms with E-state index in [0.29, 0.717) is 17.5 Å². The van der Waals surface area contributed by atoms with Gasteiger partial charge in [0.15, 0.2) is 10.7 Å². The first-order valence-electron chi connectivity index (χ1n) is 5.37. The van der Waals surface area contributed by atoms with E-state index < -0.39 is 5.60 Å². The van der Waals surface area contributed by atoms with Gasteiger partial charge in [-0.05, 0) is 12.8 Å². The number of hydrogen-bond acceptors (Lipinski definition) is 5. The summed E-state index contributed by atoms with van der Waals surface area (Å²) in [5, 5.41) is 2.38. The van der Waals surface area contributed by atoms with Crippen molar-refractivity contribution >= 4 is 22.4 Å².